The van der Waals surface area contributed by atoms with Crippen LogP contribution in [0.5, 0.6) is 0 Å². The van der Waals surface area contributed by atoms with Crippen LogP contribution in [0.4, 0.5) is 11.4 Å². The van der Waals surface area contributed by atoms with Gasteiger partial charge in [-0.15, -0.1) is 0 Å². The fourth-order valence-electron chi connectivity index (χ4n) is 2.94. The molecule has 0 aliphatic carbocycles. The molecular weight excluding hydrogens is 332 g/mol. The van der Waals surface area contributed by atoms with Gasteiger partial charge in [-0.3, -0.25) is 10.1 Å². The van der Waals surface area contributed by atoms with Crippen molar-refractivity contribution in [3.05, 3.63) is 28.3 Å². The van der Waals surface area contributed by atoms with E-state index in [1.54, 1.807) is 0 Å². The summed E-state index contributed by atoms with van der Waals surface area (Å²) in [5.41, 5.74) is 0.0958. The number of sulfonamides is 1. The molecule has 1 heterocycles. The van der Waals surface area contributed by atoms with Crippen LogP contribution in [0.15, 0.2) is 23.1 Å². The minimum atomic E-state index is -3.71. The Hall–Kier alpha value is -1.71. The van der Waals surface area contributed by atoms with Crippen LogP contribution in [-0.4, -0.2) is 51.5 Å². The summed E-state index contributed by atoms with van der Waals surface area (Å²) in [6.45, 7) is 5.70. The lowest BCUT2D eigenvalue weighted by atomic mass is 10.0. The summed E-state index contributed by atoms with van der Waals surface area (Å²) in [5, 5.41) is 14.3. The molecule has 0 radical (unpaired) electrons. The predicted octanol–water partition coefficient (Wildman–Crippen LogP) is 1.65. The number of rotatable bonds is 7. The van der Waals surface area contributed by atoms with Crippen molar-refractivity contribution in [1.29, 1.82) is 0 Å². The maximum absolute atomic E-state index is 11.8. The monoisotopic (exact) mass is 356 g/mol. The van der Waals surface area contributed by atoms with E-state index in [2.05, 4.69) is 21.9 Å². The Morgan fingerprint density at radius 2 is 2.17 bits per heavy atom. The molecule has 1 saturated heterocycles. The molecule has 8 nitrogen and oxygen atoms in total. The van der Waals surface area contributed by atoms with Crippen LogP contribution in [0.3, 0.4) is 0 Å². The third-order valence-corrected chi connectivity index (χ3v) is 5.64. The lowest BCUT2D eigenvalue weighted by Crippen LogP contribution is -2.37. The van der Waals surface area contributed by atoms with E-state index >= 15 is 0 Å². The Morgan fingerprint density at radius 1 is 1.42 bits per heavy atom. The van der Waals surface area contributed by atoms with Gasteiger partial charge in [-0.05, 0) is 44.5 Å². The van der Waals surface area contributed by atoms with Crippen LogP contribution < -0.4 is 10.0 Å². The van der Waals surface area contributed by atoms with E-state index in [9.17, 15) is 18.5 Å². The third-order valence-electron chi connectivity index (χ3n) is 4.23. The first-order chi connectivity index (χ1) is 11.3. The lowest BCUT2D eigenvalue weighted by molar-refractivity contribution is -0.384. The Morgan fingerprint density at radius 3 is 2.79 bits per heavy atom. The molecule has 0 saturated carbocycles. The van der Waals surface area contributed by atoms with Gasteiger partial charge in [-0.2, -0.15) is 0 Å². The average molecular weight is 356 g/mol. The van der Waals surface area contributed by atoms with Gasteiger partial charge >= 0.3 is 0 Å². The molecule has 1 aromatic rings. The van der Waals surface area contributed by atoms with Crippen molar-refractivity contribution in [2.45, 2.75) is 24.7 Å². The molecule has 0 spiro atoms. The topological polar surface area (TPSA) is 105 Å². The van der Waals surface area contributed by atoms with Crippen molar-refractivity contribution in [3.63, 3.8) is 0 Å². The Bertz CT molecular complexity index is 693. The van der Waals surface area contributed by atoms with Gasteiger partial charge in [0.1, 0.15) is 5.69 Å². The molecule has 134 valence electrons. The highest BCUT2D eigenvalue weighted by Crippen LogP contribution is 2.27. The van der Waals surface area contributed by atoms with E-state index in [0.717, 1.165) is 25.7 Å². The average Bonchev–Trinajstić information content (AvgIpc) is 2.55. The summed E-state index contributed by atoms with van der Waals surface area (Å²) in [4.78, 5) is 12.9. The molecule has 1 atom stereocenters. The zero-order valence-electron chi connectivity index (χ0n) is 14.0. The number of likely N-dealkylation sites (tertiary alicyclic amines) is 1. The number of nitrogens with zero attached hydrogens (tertiary/aromatic N) is 2. The summed E-state index contributed by atoms with van der Waals surface area (Å²) >= 11 is 0. The maximum Gasteiger partial charge on any atom is 0.293 e. The van der Waals surface area contributed by atoms with Gasteiger partial charge in [0, 0.05) is 25.7 Å². The SMILES string of the molecule is CNS(=O)(=O)c1ccc(NCCN2CCC[C@H](C)C2)c([N+](=O)[O-])c1. The Balaban J connectivity index is 2.05. The van der Waals surface area contributed by atoms with Gasteiger partial charge in [0.25, 0.3) is 5.69 Å². The second-order valence-electron chi connectivity index (χ2n) is 6.12. The standard InChI is InChI=1S/C15H24N4O4S/c1-12-4-3-8-18(11-12)9-7-17-14-6-5-13(24(22,23)16-2)10-15(14)19(20)21/h5-6,10,12,16-17H,3-4,7-9,11H2,1-2H3/t12-/m0/s1. The van der Waals surface area contributed by atoms with Crippen LogP contribution >= 0.6 is 0 Å². The summed E-state index contributed by atoms with van der Waals surface area (Å²) < 4.78 is 25.7. The number of benzene rings is 1. The molecular formula is C15H24N4O4S. The molecule has 1 aliphatic heterocycles. The molecule has 1 fully saturated rings. The van der Waals surface area contributed by atoms with Crippen molar-refractivity contribution in [1.82, 2.24) is 9.62 Å². The van der Waals surface area contributed by atoms with Gasteiger partial charge in [-0.25, -0.2) is 13.1 Å². The smallest absolute Gasteiger partial charge is 0.293 e. The highest BCUT2D eigenvalue weighted by atomic mass is 32.2. The summed E-state index contributed by atoms with van der Waals surface area (Å²) in [6, 6.07) is 3.89. The third kappa shape index (κ3) is 4.65. The lowest BCUT2D eigenvalue weighted by Gasteiger charge is -2.30. The largest absolute Gasteiger partial charge is 0.378 e. The van der Waals surface area contributed by atoms with Crippen molar-refractivity contribution >= 4 is 21.4 Å². The Labute approximate surface area is 142 Å². The van der Waals surface area contributed by atoms with Crippen LogP contribution in [0.25, 0.3) is 0 Å². The first kappa shape index (κ1) is 18.6. The van der Waals surface area contributed by atoms with E-state index in [1.165, 1.54) is 32.0 Å². The number of nitro groups is 1. The number of piperidine rings is 1. The number of hydrogen-bond acceptors (Lipinski definition) is 6. The van der Waals surface area contributed by atoms with Gasteiger partial charge in [0.15, 0.2) is 0 Å². The summed E-state index contributed by atoms with van der Waals surface area (Å²) in [5.74, 6) is 0.680. The normalized spacial score (nSPS) is 19.2. The molecule has 0 bridgehead atoms. The fourth-order valence-corrected chi connectivity index (χ4v) is 3.69. The van der Waals surface area contributed by atoms with E-state index in [4.69, 9.17) is 0 Å². The highest BCUT2D eigenvalue weighted by Gasteiger charge is 2.21. The van der Waals surface area contributed by atoms with Crippen molar-refractivity contribution in [2.75, 3.05) is 38.5 Å². The zero-order valence-corrected chi connectivity index (χ0v) is 14.8. The molecule has 1 aliphatic rings. The minimum absolute atomic E-state index is 0.118. The van der Waals surface area contributed by atoms with Crippen LogP contribution in [-0.2, 0) is 10.0 Å². The highest BCUT2D eigenvalue weighted by molar-refractivity contribution is 7.89. The molecule has 9 heteroatoms. The van der Waals surface area contributed by atoms with Crippen LogP contribution in [0, 0.1) is 16.0 Å². The number of nitro benzene ring substituents is 1. The van der Waals surface area contributed by atoms with Crippen molar-refractivity contribution in [3.8, 4) is 0 Å². The fraction of sp³-hybridized carbons (Fsp3) is 0.600. The van der Waals surface area contributed by atoms with E-state index in [0.29, 0.717) is 18.2 Å². The molecule has 0 amide bonds. The van der Waals surface area contributed by atoms with E-state index in [1.807, 2.05) is 0 Å². The second-order valence-corrected chi connectivity index (χ2v) is 8.00. The van der Waals surface area contributed by atoms with E-state index in [-0.39, 0.29) is 10.6 Å². The minimum Gasteiger partial charge on any atom is -0.378 e. The molecule has 2 N–H and O–H groups in total. The van der Waals surface area contributed by atoms with Crippen molar-refractivity contribution in [2.24, 2.45) is 5.92 Å². The van der Waals surface area contributed by atoms with Crippen LogP contribution in [0.2, 0.25) is 0 Å². The number of nitrogens with one attached hydrogen (secondary N) is 2. The van der Waals surface area contributed by atoms with Crippen LogP contribution in [0.1, 0.15) is 19.8 Å². The molecule has 2 rings (SSSR count). The van der Waals surface area contributed by atoms with Gasteiger partial charge in [-0.1, -0.05) is 6.92 Å². The number of anilines is 1. The first-order valence-electron chi connectivity index (χ1n) is 8.01. The quantitative estimate of drug-likeness (QED) is 0.568. The second kappa shape index (κ2) is 7.91. The number of hydrogen-bond donors (Lipinski definition) is 2. The zero-order chi connectivity index (χ0) is 17.7. The van der Waals surface area contributed by atoms with E-state index < -0.39 is 14.9 Å². The molecule has 0 aromatic heterocycles. The molecule has 0 unspecified atom stereocenters. The predicted molar refractivity (Wildman–Crippen MR) is 92.7 cm³/mol. The summed E-state index contributed by atoms with van der Waals surface area (Å²) in [6.07, 6.45) is 2.43. The first-order valence-corrected chi connectivity index (χ1v) is 9.50. The summed E-state index contributed by atoms with van der Waals surface area (Å²) in [7, 11) is -2.43. The molecule has 1 aromatic carbocycles. The maximum atomic E-state index is 11.8. The Kier molecular flexibility index (Phi) is 6.14. The van der Waals surface area contributed by atoms with Gasteiger partial charge in [0.2, 0.25) is 10.0 Å². The van der Waals surface area contributed by atoms with Gasteiger partial charge < -0.3 is 10.2 Å². The van der Waals surface area contributed by atoms with Gasteiger partial charge in [0.05, 0.1) is 9.82 Å². The molecule has 24 heavy (non-hydrogen) atoms. The van der Waals surface area contributed by atoms with Crippen molar-refractivity contribution < 1.29 is 13.3 Å².